The summed E-state index contributed by atoms with van der Waals surface area (Å²) in [5.41, 5.74) is 2.32. The quantitative estimate of drug-likeness (QED) is 0.527. The van der Waals surface area contributed by atoms with E-state index < -0.39 is 0 Å². The highest BCUT2D eigenvalue weighted by Crippen LogP contribution is 2.25. The van der Waals surface area contributed by atoms with Crippen molar-refractivity contribution in [1.29, 1.82) is 0 Å². The van der Waals surface area contributed by atoms with Gasteiger partial charge in [-0.05, 0) is 37.3 Å². The SMILES string of the molecule is CC(=O)c1cc(NC(=O)c2cc3ccccc3[nH]2)ccc1OCC1CO1. The van der Waals surface area contributed by atoms with Crippen molar-refractivity contribution in [1.82, 2.24) is 4.98 Å². The van der Waals surface area contributed by atoms with E-state index in [1.54, 1.807) is 24.3 Å². The average molecular weight is 350 g/mol. The molecule has 0 spiro atoms. The number of aromatic amines is 1. The molecular formula is C20H18N2O4. The van der Waals surface area contributed by atoms with E-state index in [2.05, 4.69) is 10.3 Å². The van der Waals surface area contributed by atoms with E-state index >= 15 is 0 Å². The number of carbonyl (C=O) groups excluding carboxylic acids is 2. The fourth-order valence-electron chi connectivity index (χ4n) is 2.75. The number of benzene rings is 2. The first-order valence-electron chi connectivity index (χ1n) is 8.38. The topological polar surface area (TPSA) is 83.7 Å². The number of ketones is 1. The van der Waals surface area contributed by atoms with Gasteiger partial charge in [0, 0.05) is 16.6 Å². The molecule has 1 aliphatic rings. The average Bonchev–Trinajstić information content (AvgIpc) is 3.36. The first kappa shape index (κ1) is 16.4. The second-order valence-electron chi connectivity index (χ2n) is 6.26. The molecule has 1 unspecified atom stereocenters. The third kappa shape index (κ3) is 3.45. The number of epoxide rings is 1. The van der Waals surface area contributed by atoms with Crippen LogP contribution in [0.1, 0.15) is 27.8 Å². The summed E-state index contributed by atoms with van der Waals surface area (Å²) in [6.45, 7) is 2.58. The Kier molecular flexibility index (Phi) is 4.18. The van der Waals surface area contributed by atoms with Gasteiger partial charge in [0.25, 0.3) is 5.91 Å². The summed E-state index contributed by atoms with van der Waals surface area (Å²) >= 11 is 0. The Morgan fingerprint density at radius 3 is 2.77 bits per heavy atom. The van der Waals surface area contributed by atoms with Gasteiger partial charge in [0.05, 0.1) is 12.2 Å². The van der Waals surface area contributed by atoms with Crippen LogP contribution in [0.15, 0.2) is 48.5 Å². The number of amides is 1. The van der Waals surface area contributed by atoms with E-state index in [-0.39, 0.29) is 17.8 Å². The zero-order valence-corrected chi connectivity index (χ0v) is 14.2. The number of H-pyrrole nitrogens is 1. The molecule has 1 saturated heterocycles. The van der Waals surface area contributed by atoms with Crippen LogP contribution in [-0.2, 0) is 4.74 Å². The zero-order valence-electron chi connectivity index (χ0n) is 14.2. The van der Waals surface area contributed by atoms with Gasteiger partial charge in [-0.25, -0.2) is 0 Å². The first-order valence-corrected chi connectivity index (χ1v) is 8.38. The number of fused-ring (bicyclic) bond motifs is 1. The number of rotatable bonds is 6. The van der Waals surface area contributed by atoms with E-state index in [0.29, 0.717) is 35.9 Å². The van der Waals surface area contributed by atoms with E-state index in [1.165, 1.54) is 6.92 Å². The molecule has 2 aromatic carbocycles. The normalized spacial score (nSPS) is 15.7. The Morgan fingerprint density at radius 1 is 1.23 bits per heavy atom. The maximum absolute atomic E-state index is 12.5. The molecule has 6 nitrogen and oxygen atoms in total. The van der Waals surface area contributed by atoms with Crippen LogP contribution in [0.2, 0.25) is 0 Å². The Hall–Kier alpha value is -3.12. The fraction of sp³-hybridized carbons (Fsp3) is 0.200. The van der Waals surface area contributed by atoms with E-state index in [0.717, 1.165) is 10.9 Å². The number of carbonyl (C=O) groups is 2. The highest BCUT2D eigenvalue weighted by molar-refractivity contribution is 6.07. The highest BCUT2D eigenvalue weighted by atomic mass is 16.6. The van der Waals surface area contributed by atoms with Crippen molar-refractivity contribution in [2.75, 3.05) is 18.5 Å². The number of para-hydroxylation sites is 1. The van der Waals surface area contributed by atoms with Crippen molar-refractivity contribution in [3.05, 3.63) is 59.8 Å². The summed E-state index contributed by atoms with van der Waals surface area (Å²) in [6.07, 6.45) is 0.108. The maximum atomic E-state index is 12.5. The fourth-order valence-corrected chi connectivity index (χ4v) is 2.75. The van der Waals surface area contributed by atoms with Gasteiger partial charge >= 0.3 is 0 Å². The number of hydrogen-bond acceptors (Lipinski definition) is 4. The van der Waals surface area contributed by atoms with E-state index in [1.807, 2.05) is 24.3 Å². The monoisotopic (exact) mass is 350 g/mol. The molecule has 1 aliphatic heterocycles. The number of anilines is 1. The second-order valence-corrected chi connectivity index (χ2v) is 6.26. The molecule has 2 heterocycles. The van der Waals surface area contributed by atoms with Gasteiger partial charge in [-0.2, -0.15) is 0 Å². The number of Topliss-reactive ketones (excluding diaryl/α,β-unsaturated/α-hetero) is 1. The van der Waals surface area contributed by atoms with Gasteiger partial charge in [0.2, 0.25) is 0 Å². The van der Waals surface area contributed by atoms with Gasteiger partial charge in [-0.15, -0.1) is 0 Å². The van der Waals surface area contributed by atoms with Crippen LogP contribution in [0.4, 0.5) is 5.69 Å². The van der Waals surface area contributed by atoms with Gasteiger partial charge in [-0.1, -0.05) is 18.2 Å². The minimum atomic E-state index is -0.268. The molecule has 0 bridgehead atoms. The second kappa shape index (κ2) is 6.65. The summed E-state index contributed by atoms with van der Waals surface area (Å²) in [4.78, 5) is 27.5. The van der Waals surface area contributed by atoms with Crippen molar-refractivity contribution in [2.45, 2.75) is 13.0 Å². The standard InChI is InChI=1S/C20H18N2O4/c1-12(23)16-9-14(6-7-19(16)26-11-15-10-25-15)21-20(24)18-8-13-4-2-3-5-17(13)22-18/h2-9,15,22H,10-11H2,1H3,(H,21,24). The van der Waals surface area contributed by atoms with Gasteiger partial charge < -0.3 is 19.8 Å². The molecule has 0 radical (unpaired) electrons. The Morgan fingerprint density at radius 2 is 2.04 bits per heavy atom. The summed E-state index contributed by atoms with van der Waals surface area (Å²) in [5.74, 6) is 0.103. The number of ether oxygens (including phenoxy) is 2. The lowest BCUT2D eigenvalue weighted by Gasteiger charge is -2.11. The smallest absolute Gasteiger partial charge is 0.272 e. The van der Waals surface area contributed by atoms with E-state index in [4.69, 9.17) is 9.47 Å². The Labute approximate surface area is 150 Å². The van der Waals surface area contributed by atoms with Gasteiger partial charge in [0.15, 0.2) is 5.78 Å². The molecule has 3 aromatic rings. The van der Waals surface area contributed by atoms with Crippen LogP contribution in [0.3, 0.4) is 0 Å². The third-order valence-corrected chi connectivity index (χ3v) is 4.22. The Bertz CT molecular complexity index is 955. The number of nitrogens with one attached hydrogen (secondary N) is 2. The minimum Gasteiger partial charge on any atom is -0.490 e. The summed E-state index contributed by atoms with van der Waals surface area (Å²) in [5, 5.41) is 3.78. The molecular weight excluding hydrogens is 332 g/mol. The lowest BCUT2D eigenvalue weighted by molar-refractivity contribution is 0.100. The van der Waals surface area contributed by atoms with Crippen LogP contribution >= 0.6 is 0 Å². The van der Waals surface area contributed by atoms with Crippen molar-refractivity contribution in [3.63, 3.8) is 0 Å². The molecule has 1 fully saturated rings. The molecule has 1 atom stereocenters. The Balaban J connectivity index is 1.53. The first-order chi connectivity index (χ1) is 12.6. The predicted molar refractivity (Wildman–Crippen MR) is 97.9 cm³/mol. The van der Waals surface area contributed by atoms with Crippen molar-refractivity contribution >= 4 is 28.3 Å². The van der Waals surface area contributed by atoms with Crippen molar-refractivity contribution in [3.8, 4) is 5.75 Å². The lowest BCUT2D eigenvalue weighted by atomic mass is 10.1. The third-order valence-electron chi connectivity index (χ3n) is 4.22. The summed E-state index contributed by atoms with van der Waals surface area (Å²) in [6, 6.07) is 14.5. The van der Waals surface area contributed by atoms with Crippen LogP contribution in [0.5, 0.6) is 5.75 Å². The molecule has 0 aliphatic carbocycles. The maximum Gasteiger partial charge on any atom is 0.272 e. The molecule has 0 saturated carbocycles. The zero-order chi connectivity index (χ0) is 18.1. The molecule has 1 amide bonds. The van der Waals surface area contributed by atoms with Crippen molar-refractivity contribution < 1.29 is 19.1 Å². The molecule has 6 heteroatoms. The van der Waals surface area contributed by atoms with Crippen LogP contribution < -0.4 is 10.1 Å². The van der Waals surface area contributed by atoms with Gasteiger partial charge in [0.1, 0.15) is 24.2 Å². The largest absolute Gasteiger partial charge is 0.490 e. The minimum absolute atomic E-state index is 0.108. The predicted octanol–water partition coefficient (Wildman–Crippen LogP) is 3.40. The molecule has 2 N–H and O–H groups in total. The molecule has 1 aromatic heterocycles. The lowest BCUT2D eigenvalue weighted by Crippen LogP contribution is -2.13. The number of hydrogen-bond donors (Lipinski definition) is 2. The highest BCUT2D eigenvalue weighted by Gasteiger charge is 2.24. The van der Waals surface area contributed by atoms with Gasteiger partial charge in [-0.3, -0.25) is 9.59 Å². The van der Waals surface area contributed by atoms with E-state index in [9.17, 15) is 9.59 Å². The van der Waals surface area contributed by atoms with Crippen LogP contribution in [0.25, 0.3) is 10.9 Å². The molecule has 132 valence electrons. The van der Waals surface area contributed by atoms with Crippen molar-refractivity contribution in [2.24, 2.45) is 0 Å². The number of aromatic nitrogens is 1. The van der Waals surface area contributed by atoms with Crippen LogP contribution in [0, 0.1) is 0 Å². The molecule has 26 heavy (non-hydrogen) atoms. The summed E-state index contributed by atoms with van der Waals surface area (Å²) in [7, 11) is 0. The van der Waals surface area contributed by atoms with Crippen LogP contribution in [-0.4, -0.2) is 36.0 Å². The summed E-state index contributed by atoms with van der Waals surface area (Å²) < 4.78 is 10.8. The molecule has 4 rings (SSSR count).